The van der Waals surface area contributed by atoms with Crippen molar-refractivity contribution in [2.75, 3.05) is 12.4 Å². The van der Waals surface area contributed by atoms with Crippen molar-refractivity contribution in [3.8, 4) is 5.75 Å². The summed E-state index contributed by atoms with van der Waals surface area (Å²) in [6, 6.07) is 13.8. The zero-order valence-corrected chi connectivity index (χ0v) is 12.3. The van der Waals surface area contributed by atoms with Gasteiger partial charge in [0.1, 0.15) is 5.75 Å². The fraction of sp³-hybridized carbons (Fsp3) is 0.333. The fourth-order valence-electron chi connectivity index (χ4n) is 2.14. The maximum atomic E-state index is 11.1. The Kier molecular flexibility index (Phi) is 4.62. The van der Waals surface area contributed by atoms with E-state index in [1.54, 1.807) is 0 Å². The van der Waals surface area contributed by atoms with Crippen molar-refractivity contribution in [3.63, 3.8) is 0 Å². The molecule has 0 aliphatic carbocycles. The second kappa shape index (κ2) is 6.24. The summed E-state index contributed by atoms with van der Waals surface area (Å²) in [4.78, 5) is 0. The number of primary sulfonamides is 1. The Labute approximate surface area is 119 Å². The molecule has 0 aromatic heterocycles. The number of ether oxygens (including phenoxy) is 1. The van der Waals surface area contributed by atoms with Crippen molar-refractivity contribution in [2.24, 2.45) is 11.1 Å². The van der Waals surface area contributed by atoms with Gasteiger partial charge in [-0.3, -0.25) is 0 Å². The molecular weight excluding hydrogens is 274 g/mol. The quantitative estimate of drug-likeness (QED) is 0.889. The first-order chi connectivity index (χ1) is 9.49. The van der Waals surface area contributed by atoms with Crippen LogP contribution < -0.4 is 9.88 Å². The molecule has 0 saturated carbocycles. The van der Waals surface area contributed by atoms with Gasteiger partial charge >= 0.3 is 0 Å². The number of hydrogen-bond acceptors (Lipinski definition) is 3. The van der Waals surface area contributed by atoms with E-state index in [1.165, 1.54) is 0 Å². The third-order valence-electron chi connectivity index (χ3n) is 3.27. The van der Waals surface area contributed by atoms with Crippen LogP contribution in [0.4, 0.5) is 0 Å². The molecule has 20 heavy (non-hydrogen) atoms. The van der Waals surface area contributed by atoms with E-state index in [4.69, 9.17) is 9.88 Å². The smallest absolute Gasteiger partial charge is 0.209 e. The van der Waals surface area contributed by atoms with Gasteiger partial charge in [-0.25, -0.2) is 13.6 Å². The van der Waals surface area contributed by atoms with E-state index in [9.17, 15) is 8.42 Å². The minimum absolute atomic E-state index is 0.0474. The molecule has 108 valence electrons. The van der Waals surface area contributed by atoms with E-state index < -0.39 is 10.0 Å². The molecule has 0 bridgehead atoms. The van der Waals surface area contributed by atoms with E-state index in [0.717, 1.165) is 16.5 Å². The van der Waals surface area contributed by atoms with Crippen LogP contribution in [0, 0.1) is 5.92 Å². The molecule has 0 saturated heterocycles. The number of sulfonamides is 1. The zero-order chi connectivity index (χ0) is 14.6. The molecular formula is C15H19NO3S. The maximum absolute atomic E-state index is 11.1. The highest BCUT2D eigenvalue weighted by molar-refractivity contribution is 7.89. The molecule has 0 spiro atoms. The molecule has 0 heterocycles. The first-order valence-electron chi connectivity index (χ1n) is 6.60. The van der Waals surface area contributed by atoms with Crippen molar-refractivity contribution in [1.29, 1.82) is 0 Å². The number of nitrogens with two attached hydrogens (primary N) is 1. The molecule has 0 fully saturated rings. The van der Waals surface area contributed by atoms with Gasteiger partial charge < -0.3 is 4.74 Å². The molecule has 1 unspecified atom stereocenters. The molecule has 0 radical (unpaired) electrons. The second-order valence-corrected chi connectivity index (χ2v) is 6.55. The standard InChI is InChI=1S/C15H19NO3S/c1-2-12(11-20(16,17)18)10-19-15-9-5-7-13-6-3-4-8-14(13)15/h3-9,12H,2,10-11H2,1H3,(H2,16,17,18). The average molecular weight is 293 g/mol. The van der Waals surface area contributed by atoms with Crippen molar-refractivity contribution >= 4 is 20.8 Å². The van der Waals surface area contributed by atoms with Gasteiger partial charge in [0.05, 0.1) is 12.4 Å². The topological polar surface area (TPSA) is 69.4 Å². The summed E-state index contributed by atoms with van der Waals surface area (Å²) in [5.74, 6) is 0.633. The molecule has 2 rings (SSSR count). The molecule has 4 nitrogen and oxygen atoms in total. The SMILES string of the molecule is CCC(COc1cccc2ccccc12)CS(N)(=O)=O. The molecule has 5 heteroatoms. The van der Waals surface area contributed by atoms with Crippen LogP contribution in [-0.2, 0) is 10.0 Å². The molecule has 1 atom stereocenters. The van der Waals surface area contributed by atoms with Crippen LogP contribution in [-0.4, -0.2) is 20.8 Å². The van der Waals surface area contributed by atoms with Gasteiger partial charge in [-0.05, 0) is 17.9 Å². The van der Waals surface area contributed by atoms with Crippen molar-refractivity contribution in [1.82, 2.24) is 0 Å². The Morgan fingerprint density at radius 2 is 1.85 bits per heavy atom. The van der Waals surface area contributed by atoms with Crippen LogP contribution in [0.1, 0.15) is 13.3 Å². The van der Waals surface area contributed by atoms with Gasteiger partial charge in [0.2, 0.25) is 10.0 Å². The van der Waals surface area contributed by atoms with Crippen molar-refractivity contribution in [2.45, 2.75) is 13.3 Å². The predicted molar refractivity (Wildman–Crippen MR) is 81.2 cm³/mol. The van der Waals surface area contributed by atoms with Crippen LogP contribution in [0.2, 0.25) is 0 Å². The Balaban J connectivity index is 2.12. The second-order valence-electron chi connectivity index (χ2n) is 4.89. The van der Waals surface area contributed by atoms with E-state index in [0.29, 0.717) is 13.0 Å². The lowest BCUT2D eigenvalue weighted by molar-refractivity contribution is 0.260. The predicted octanol–water partition coefficient (Wildman–Crippen LogP) is 2.53. The van der Waals surface area contributed by atoms with E-state index in [-0.39, 0.29) is 11.7 Å². The number of hydrogen-bond donors (Lipinski definition) is 1. The number of fused-ring (bicyclic) bond motifs is 1. The van der Waals surface area contributed by atoms with E-state index in [2.05, 4.69) is 0 Å². The lowest BCUT2D eigenvalue weighted by Gasteiger charge is -2.16. The lowest BCUT2D eigenvalue weighted by Crippen LogP contribution is -2.26. The van der Waals surface area contributed by atoms with Crippen molar-refractivity contribution < 1.29 is 13.2 Å². The highest BCUT2D eigenvalue weighted by Gasteiger charge is 2.15. The Morgan fingerprint density at radius 3 is 2.55 bits per heavy atom. The highest BCUT2D eigenvalue weighted by atomic mass is 32.2. The Hall–Kier alpha value is -1.59. The summed E-state index contributed by atoms with van der Waals surface area (Å²) < 4.78 is 28.1. The Morgan fingerprint density at radius 1 is 1.15 bits per heavy atom. The summed E-state index contributed by atoms with van der Waals surface area (Å²) >= 11 is 0. The number of rotatable bonds is 6. The number of benzene rings is 2. The van der Waals surface area contributed by atoms with Crippen LogP contribution in [0.15, 0.2) is 42.5 Å². The van der Waals surface area contributed by atoms with Crippen LogP contribution in [0.25, 0.3) is 10.8 Å². The largest absolute Gasteiger partial charge is 0.493 e. The third kappa shape index (κ3) is 3.95. The highest BCUT2D eigenvalue weighted by Crippen LogP contribution is 2.25. The Bertz CT molecular complexity index is 677. The maximum Gasteiger partial charge on any atom is 0.209 e. The minimum Gasteiger partial charge on any atom is -0.493 e. The first kappa shape index (κ1) is 14.8. The minimum atomic E-state index is -3.46. The zero-order valence-electron chi connectivity index (χ0n) is 11.5. The molecule has 0 aliphatic rings. The van der Waals surface area contributed by atoms with Gasteiger partial charge in [0.15, 0.2) is 0 Å². The fourth-order valence-corrected chi connectivity index (χ4v) is 3.13. The summed E-state index contributed by atoms with van der Waals surface area (Å²) in [6.45, 7) is 2.28. The molecule has 0 aliphatic heterocycles. The van der Waals surface area contributed by atoms with Gasteiger partial charge in [0.25, 0.3) is 0 Å². The van der Waals surface area contributed by atoms with Crippen molar-refractivity contribution in [3.05, 3.63) is 42.5 Å². The van der Waals surface area contributed by atoms with Gasteiger partial charge in [-0.2, -0.15) is 0 Å². The lowest BCUT2D eigenvalue weighted by atomic mass is 10.1. The summed E-state index contributed by atoms with van der Waals surface area (Å²) in [6.07, 6.45) is 0.710. The van der Waals surface area contributed by atoms with E-state index in [1.807, 2.05) is 49.4 Å². The van der Waals surface area contributed by atoms with Gasteiger partial charge in [-0.1, -0.05) is 43.3 Å². The van der Waals surface area contributed by atoms with Gasteiger partial charge in [-0.15, -0.1) is 0 Å². The third-order valence-corrected chi connectivity index (χ3v) is 4.21. The normalized spacial score (nSPS) is 13.3. The average Bonchev–Trinajstić information content (AvgIpc) is 2.42. The van der Waals surface area contributed by atoms with Crippen LogP contribution in [0.3, 0.4) is 0 Å². The van der Waals surface area contributed by atoms with Gasteiger partial charge in [0, 0.05) is 11.3 Å². The molecule has 2 N–H and O–H groups in total. The summed E-state index contributed by atoms with van der Waals surface area (Å²) in [5, 5.41) is 7.22. The van der Waals surface area contributed by atoms with E-state index >= 15 is 0 Å². The van der Waals surface area contributed by atoms with Crippen LogP contribution >= 0.6 is 0 Å². The molecule has 2 aromatic carbocycles. The molecule has 2 aromatic rings. The summed E-state index contributed by atoms with van der Waals surface area (Å²) in [7, 11) is -3.46. The first-order valence-corrected chi connectivity index (χ1v) is 8.32. The monoisotopic (exact) mass is 293 g/mol. The summed E-state index contributed by atoms with van der Waals surface area (Å²) in [5.41, 5.74) is 0. The van der Waals surface area contributed by atoms with Crippen LogP contribution in [0.5, 0.6) is 5.75 Å². The molecule has 0 amide bonds.